The Bertz CT molecular complexity index is 675. The van der Waals surface area contributed by atoms with Gasteiger partial charge >= 0.3 is 0 Å². The van der Waals surface area contributed by atoms with Gasteiger partial charge in [-0.1, -0.05) is 6.07 Å². The van der Waals surface area contributed by atoms with Crippen LogP contribution in [-0.2, 0) is 17.1 Å². The lowest BCUT2D eigenvalue weighted by Crippen LogP contribution is -2.17. The normalized spacial score (nSPS) is 11.5. The zero-order chi connectivity index (χ0) is 14.0. The van der Waals surface area contributed by atoms with E-state index in [1.807, 2.05) is 12.3 Å². The fourth-order valence-corrected chi connectivity index (χ4v) is 3.40. The number of aryl methyl sites for hydroxylation is 1. The zero-order valence-electron chi connectivity index (χ0n) is 10.5. The van der Waals surface area contributed by atoms with Crippen LogP contribution in [0, 0.1) is 0 Å². The topological polar surface area (TPSA) is 90.0 Å². The third-order valence-corrected chi connectivity index (χ3v) is 4.72. The molecule has 0 aliphatic rings. The standard InChI is InChI=1S/C11H14N4O2S2/c1-15-7-13-10(12)11(15)19(16,17)14-8-4-3-5-9(6-8)18-2/h3-7,14H,12H2,1-2H3. The molecule has 1 aromatic heterocycles. The Morgan fingerprint density at radius 1 is 1.42 bits per heavy atom. The maximum absolute atomic E-state index is 12.2. The van der Waals surface area contributed by atoms with Crippen LogP contribution in [0.15, 0.2) is 40.5 Å². The van der Waals surface area contributed by atoms with Gasteiger partial charge in [0.05, 0.1) is 6.33 Å². The van der Waals surface area contributed by atoms with E-state index in [2.05, 4.69) is 9.71 Å². The molecular formula is C11H14N4O2S2. The molecule has 0 aliphatic heterocycles. The van der Waals surface area contributed by atoms with E-state index >= 15 is 0 Å². The third kappa shape index (κ3) is 2.85. The average Bonchev–Trinajstić information content (AvgIpc) is 2.69. The van der Waals surface area contributed by atoms with Crippen molar-refractivity contribution in [1.82, 2.24) is 9.55 Å². The Balaban J connectivity index is 2.36. The molecule has 2 aromatic rings. The van der Waals surface area contributed by atoms with Gasteiger partial charge in [0.25, 0.3) is 10.0 Å². The quantitative estimate of drug-likeness (QED) is 0.835. The fraction of sp³-hybridized carbons (Fsp3) is 0.182. The number of sulfonamides is 1. The van der Waals surface area contributed by atoms with Crippen LogP contribution in [0.1, 0.15) is 0 Å². The lowest BCUT2D eigenvalue weighted by atomic mass is 10.3. The summed E-state index contributed by atoms with van der Waals surface area (Å²) in [5.74, 6) is -0.0176. The number of imidazole rings is 1. The van der Waals surface area contributed by atoms with E-state index in [-0.39, 0.29) is 10.8 Å². The van der Waals surface area contributed by atoms with Gasteiger partial charge in [-0.05, 0) is 24.5 Å². The number of nitrogens with two attached hydrogens (primary N) is 1. The van der Waals surface area contributed by atoms with Gasteiger partial charge in [0.15, 0.2) is 10.8 Å². The van der Waals surface area contributed by atoms with E-state index in [9.17, 15) is 8.42 Å². The van der Waals surface area contributed by atoms with E-state index in [0.717, 1.165) is 4.90 Å². The first-order chi connectivity index (χ1) is 8.94. The second kappa shape index (κ2) is 5.14. The van der Waals surface area contributed by atoms with Crippen molar-refractivity contribution in [3.8, 4) is 0 Å². The second-order valence-electron chi connectivity index (χ2n) is 3.88. The van der Waals surface area contributed by atoms with E-state index in [0.29, 0.717) is 5.69 Å². The molecule has 0 radical (unpaired) electrons. The van der Waals surface area contributed by atoms with Crippen LogP contribution in [0.4, 0.5) is 11.5 Å². The number of nitrogens with zero attached hydrogens (tertiary/aromatic N) is 2. The van der Waals surface area contributed by atoms with Crippen LogP contribution in [-0.4, -0.2) is 24.2 Å². The smallest absolute Gasteiger partial charge is 0.281 e. The summed E-state index contributed by atoms with van der Waals surface area (Å²) in [7, 11) is -2.16. The zero-order valence-corrected chi connectivity index (χ0v) is 12.1. The van der Waals surface area contributed by atoms with Crippen LogP contribution in [0.3, 0.4) is 0 Å². The minimum absolute atomic E-state index is 0.0176. The molecule has 6 nitrogen and oxygen atoms in total. The highest BCUT2D eigenvalue weighted by Crippen LogP contribution is 2.23. The van der Waals surface area contributed by atoms with Crippen molar-refractivity contribution in [2.75, 3.05) is 16.7 Å². The van der Waals surface area contributed by atoms with Gasteiger partial charge in [-0.3, -0.25) is 4.72 Å². The molecule has 8 heteroatoms. The second-order valence-corrected chi connectivity index (χ2v) is 6.36. The molecule has 102 valence electrons. The van der Waals surface area contributed by atoms with Crippen molar-refractivity contribution >= 4 is 33.3 Å². The van der Waals surface area contributed by atoms with Crippen LogP contribution in [0.5, 0.6) is 0 Å². The number of thioether (sulfide) groups is 1. The van der Waals surface area contributed by atoms with Crippen LogP contribution < -0.4 is 10.5 Å². The van der Waals surface area contributed by atoms with Gasteiger partial charge in [0.1, 0.15) is 0 Å². The summed E-state index contributed by atoms with van der Waals surface area (Å²) in [5.41, 5.74) is 6.08. The lowest BCUT2D eigenvalue weighted by Gasteiger charge is -2.09. The third-order valence-electron chi connectivity index (χ3n) is 2.49. The number of aromatic nitrogens is 2. The number of nitrogen functional groups attached to an aromatic ring is 1. The lowest BCUT2D eigenvalue weighted by molar-refractivity contribution is 0.592. The number of benzene rings is 1. The summed E-state index contributed by atoms with van der Waals surface area (Å²) in [4.78, 5) is 4.75. The number of anilines is 2. The number of nitrogens with one attached hydrogen (secondary N) is 1. The molecule has 19 heavy (non-hydrogen) atoms. The predicted molar refractivity (Wildman–Crippen MR) is 76.7 cm³/mol. The first-order valence-electron chi connectivity index (χ1n) is 5.37. The molecule has 0 saturated carbocycles. The van der Waals surface area contributed by atoms with Crippen molar-refractivity contribution in [3.05, 3.63) is 30.6 Å². The SMILES string of the molecule is CSc1cccc(NS(=O)(=O)c2c(N)ncn2C)c1. The maximum atomic E-state index is 12.2. The number of rotatable bonds is 4. The molecular weight excluding hydrogens is 284 g/mol. The van der Waals surface area contributed by atoms with Gasteiger partial charge < -0.3 is 10.3 Å². The highest BCUT2D eigenvalue weighted by Gasteiger charge is 2.22. The maximum Gasteiger partial charge on any atom is 0.281 e. The summed E-state index contributed by atoms with van der Waals surface area (Å²) >= 11 is 1.54. The Labute approximate surface area is 116 Å². The van der Waals surface area contributed by atoms with Gasteiger partial charge in [0, 0.05) is 17.6 Å². The van der Waals surface area contributed by atoms with E-state index < -0.39 is 10.0 Å². The molecule has 1 heterocycles. The molecule has 0 aliphatic carbocycles. The number of hydrogen-bond donors (Lipinski definition) is 2. The molecule has 0 saturated heterocycles. The van der Waals surface area contributed by atoms with Gasteiger partial charge in [-0.2, -0.15) is 8.42 Å². The monoisotopic (exact) mass is 298 g/mol. The minimum Gasteiger partial charge on any atom is -0.381 e. The van der Waals surface area contributed by atoms with Crippen molar-refractivity contribution < 1.29 is 8.42 Å². The van der Waals surface area contributed by atoms with Crippen molar-refractivity contribution in [3.63, 3.8) is 0 Å². The van der Waals surface area contributed by atoms with Crippen molar-refractivity contribution in [1.29, 1.82) is 0 Å². The van der Waals surface area contributed by atoms with E-state index in [1.165, 1.54) is 22.7 Å². The van der Waals surface area contributed by atoms with Crippen LogP contribution in [0.2, 0.25) is 0 Å². The molecule has 2 rings (SSSR count). The Morgan fingerprint density at radius 3 is 2.74 bits per heavy atom. The van der Waals surface area contributed by atoms with Gasteiger partial charge in [-0.15, -0.1) is 11.8 Å². The highest BCUT2D eigenvalue weighted by atomic mass is 32.2. The largest absolute Gasteiger partial charge is 0.381 e. The average molecular weight is 298 g/mol. The minimum atomic E-state index is -3.74. The van der Waals surface area contributed by atoms with Gasteiger partial charge in [0.2, 0.25) is 0 Å². The summed E-state index contributed by atoms with van der Waals surface area (Å²) < 4.78 is 28.4. The summed E-state index contributed by atoms with van der Waals surface area (Å²) in [6.45, 7) is 0. The van der Waals surface area contributed by atoms with E-state index in [4.69, 9.17) is 5.73 Å². The summed E-state index contributed by atoms with van der Waals surface area (Å²) in [6, 6.07) is 7.13. The Morgan fingerprint density at radius 2 is 2.16 bits per heavy atom. The fourth-order valence-electron chi connectivity index (χ4n) is 1.65. The molecule has 0 atom stereocenters. The summed E-state index contributed by atoms with van der Waals surface area (Å²) in [6.07, 6.45) is 3.29. The first-order valence-corrected chi connectivity index (χ1v) is 8.08. The van der Waals surface area contributed by atoms with Crippen LogP contribution >= 0.6 is 11.8 Å². The van der Waals surface area contributed by atoms with Gasteiger partial charge in [-0.25, -0.2) is 4.98 Å². The van der Waals surface area contributed by atoms with Crippen LogP contribution in [0.25, 0.3) is 0 Å². The molecule has 0 fully saturated rings. The van der Waals surface area contributed by atoms with E-state index in [1.54, 1.807) is 25.2 Å². The number of hydrogen-bond acceptors (Lipinski definition) is 5. The predicted octanol–water partition coefficient (Wildman–Crippen LogP) is 1.53. The molecule has 0 amide bonds. The first kappa shape index (κ1) is 13.8. The molecule has 3 N–H and O–H groups in total. The molecule has 0 unspecified atom stereocenters. The Kier molecular flexibility index (Phi) is 3.72. The van der Waals surface area contributed by atoms with Crippen molar-refractivity contribution in [2.24, 2.45) is 7.05 Å². The summed E-state index contributed by atoms with van der Waals surface area (Å²) in [5, 5.41) is -0.0398. The van der Waals surface area contributed by atoms with Crippen molar-refractivity contribution in [2.45, 2.75) is 9.92 Å². The highest BCUT2D eigenvalue weighted by molar-refractivity contribution is 7.98. The molecule has 0 bridgehead atoms. The molecule has 0 spiro atoms. The Hall–Kier alpha value is -1.67. The molecule has 1 aromatic carbocycles.